The zero-order valence-electron chi connectivity index (χ0n) is 15.0. The maximum Gasteiger partial charge on any atom is 0.405 e. The Labute approximate surface area is 162 Å². The van der Waals surface area contributed by atoms with Gasteiger partial charge in [0.2, 0.25) is 0 Å². The van der Waals surface area contributed by atoms with Crippen LogP contribution in [0.5, 0.6) is 0 Å². The van der Waals surface area contributed by atoms with Crippen molar-refractivity contribution in [3.05, 3.63) is 29.3 Å². The number of carbonyl (C=O) groups is 1. The minimum Gasteiger partial charge on any atom is -0.350 e. The van der Waals surface area contributed by atoms with Crippen LogP contribution in [0.2, 0.25) is 0 Å². The number of nitrogens with zero attached hydrogens (tertiary/aromatic N) is 1. The van der Waals surface area contributed by atoms with E-state index in [1.54, 1.807) is 6.92 Å². The molecule has 154 valence electrons. The van der Waals surface area contributed by atoms with Gasteiger partial charge in [-0.3, -0.25) is 9.69 Å². The van der Waals surface area contributed by atoms with Crippen LogP contribution in [0.4, 0.5) is 13.2 Å². The van der Waals surface area contributed by atoms with E-state index in [0.717, 1.165) is 6.26 Å². The number of sulfone groups is 1. The van der Waals surface area contributed by atoms with Gasteiger partial charge in [-0.2, -0.15) is 13.2 Å². The second kappa shape index (κ2) is 9.22. The molecule has 1 aromatic rings. The van der Waals surface area contributed by atoms with Crippen molar-refractivity contribution in [3.63, 3.8) is 0 Å². The number of aryl methyl sites for hydroxylation is 1. The van der Waals surface area contributed by atoms with Gasteiger partial charge in [-0.1, -0.05) is 6.07 Å². The molecule has 11 heteroatoms. The lowest BCUT2D eigenvalue weighted by Gasteiger charge is -2.35. The highest BCUT2D eigenvalue weighted by atomic mass is 35.5. The Morgan fingerprint density at radius 2 is 1.89 bits per heavy atom. The molecule has 1 heterocycles. The normalized spacial score (nSPS) is 17.1. The Morgan fingerprint density at radius 3 is 2.41 bits per heavy atom. The van der Waals surface area contributed by atoms with Gasteiger partial charge in [-0.15, -0.1) is 12.4 Å². The van der Waals surface area contributed by atoms with Crippen molar-refractivity contribution >= 4 is 28.2 Å². The van der Waals surface area contributed by atoms with Crippen molar-refractivity contribution in [3.8, 4) is 0 Å². The summed E-state index contributed by atoms with van der Waals surface area (Å²) in [5, 5.41) is 5.29. The van der Waals surface area contributed by atoms with Crippen molar-refractivity contribution in [1.82, 2.24) is 15.5 Å². The molecule has 1 aliphatic rings. The predicted octanol–water partition coefficient (Wildman–Crippen LogP) is 1.39. The first kappa shape index (κ1) is 23.7. The summed E-state index contributed by atoms with van der Waals surface area (Å²) in [6.45, 7) is 2.39. The van der Waals surface area contributed by atoms with Gasteiger partial charge in [-0.05, 0) is 24.6 Å². The highest BCUT2D eigenvalue weighted by Crippen LogP contribution is 2.25. The summed E-state index contributed by atoms with van der Waals surface area (Å²) in [5.41, 5.74) is 0.537. The van der Waals surface area contributed by atoms with Crippen LogP contribution in [0, 0.1) is 6.92 Å². The quantitative estimate of drug-likeness (QED) is 0.739. The van der Waals surface area contributed by atoms with E-state index >= 15 is 0 Å². The Bertz CT molecular complexity index is 766. The van der Waals surface area contributed by atoms with Gasteiger partial charge in [0.1, 0.15) is 6.04 Å². The minimum absolute atomic E-state index is 0. The predicted molar refractivity (Wildman–Crippen MR) is 98.2 cm³/mol. The molecule has 0 aromatic heterocycles. The van der Waals surface area contributed by atoms with E-state index in [-0.39, 0.29) is 36.0 Å². The van der Waals surface area contributed by atoms with Gasteiger partial charge in [0, 0.05) is 44.5 Å². The first-order chi connectivity index (χ1) is 12.0. The van der Waals surface area contributed by atoms with E-state index < -0.39 is 34.5 Å². The number of rotatable bonds is 5. The first-order valence-corrected chi connectivity index (χ1v) is 9.99. The number of hydrogen-bond donors (Lipinski definition) is 2. The van der Waals surface area contributed by atoms with E-state index in [9.17, 15) is 26.4 Å². The van der Waals surface area contributed by atoms with Crippen molar-refractivity contribution in [2.24, 2.45) is 0 Å². The van der Waals surface area contributed by atoms with Crippen LogP contribution in [0.1, 0.15) is 15.9 Å². The largest absolute Gasteiger partial charge is 0.405 e. The molecule has 0 bridgehead atoms. The fourth-order valence-electron chi connectivity index (χ4n) is 2.81. The Balaban J connectivity index is 0.00000364. The molecule has 1 amide bonds. The fourth-order valence-corrected chi connectivity index (χ4v) is 3.45. The molecule has 1 aromatic carbocycles. The molecule has 1 atom stereocenters. The molecule has 1 aliphatic heterocycles. The molecular weight excluding hydrogens is 407 g/mol. The number of piperazine rings is 1. The molecule has 0 saturated carbocycles. The van der Waals surface area contributed by atoms with Gasteiger partial charge in [-0.25, -0.2) is 8.42 Å². The smallest absolute Gasteiger partial charge is 0.350 e. The molecule has 1 unspecified atom stereocenters. The number of carbonyl (C=O) groups excluding carboxylic acids is 1. The summed E-state index contributed by atoms with van der Waals surface area (Å²) in [4.78, 5) is 13.6. The molecule has 0 radical (unpaired) electrons. The zero-order valence-corrected chi connectivity index (χ0v) is 16.6. The van der Waals surface area contributed by atoms with Gasteiger partial charge >= 0.3 is 6.18 Å². The van der Waals surface area contributed by atoms with Crippen LogP contribution < -0.4 is 10.6 Å². The molecular formula is C16H23ClF3N3O3S. The highest BCUT2D eigenvalue weighted by molar-refractivity contribution is 7.90. The Kier molecular flexibility index (Phi) is 8.09. The third kappa shape index (κ3) is 6.34. The van der Waals surface area contributed by atoms with Gasteiger partial charge in [0.15, 0.2) is 9.84 Å². The van der Waals surface area contributed by atoms with Crippen LogP contribution in [0.3, 0.4) is 0 Å². The topological polar surface area (TPSA) is 78.5 Å². The average Bonchev–Trinajstić information content (AvgIpc) is 2.54. The van der Waals surface area contributed by atoms with Gasteiger partial charge in [0.05, 0.1) is 4.90 Å². The monoisotopic (exact) mass is 429 g/mol. The van der Waals surface area contributed by atoms with E-state index in [4.69, 9.17) is 0 Å². The number of hydrogen-bond acceptors (Lipinski definition) is 5. The van der Waals surface area contributed by atoms with Crippen LogP contribution in [-0.4, -0.2) is 70.4 Å². The highest BCUT2D eigenvalue weighted by Gasteiger charge is 2.43. The number of halogens is 4. The third-order valence-corrected chi connectivity index (χ3v) is 5.42. The lowest BCUT2D eigenvalue weighted by atomic mass is 10.1. The number of nitrogens with one attached hydrogen (secondary N) is 2. The summed E-state index contributed by atoms with van der Waals surface area (Å²) >= 11 is 0. The summed E-state index contributed by atoms with van der Waals surface area (Å²) in [5.74, 6) is -0.725. The first-order valence-electron chi connectivity index (χ1n) is 8.10. The average molecular weight is 430 g/mol. The van der Waals surface area contributed by atoms with E-state index in [2.05, 4.69) is 10.6 Å². The Hall–Kier alpha value is -1.36. The molecule has 6 nitrogen and oxygen atoms in total. The van der Waals surface area contributed by atoms with E-state index in [1.165, 1.54) is 23.1 Å². The van der Waals surface area contributed by atoms with Crippen molar-refractivity contribution in [1.29, 1.82) is 0 Å². The van der Waals surface area contributed by atoms with Crippen LogP contribution >= 0.6 is 12.4 Å². The molecule has 0 aliphatic carbocycles. The molecule has 1 saturated heterocycles. The Morgan fingerprint density at radius 1 is 1.30 bits per heavy atom. The maximum atomic E-state index is 13.4. The van der Waals surface area contributed by atoms with E-state index in [0.29, 0.717) is 18.7 Å². The van der Waals surface area contributed by atoms with E-state index in [1.807, 2.05) is 0 Å². The summed E-state index contributed by atoms with van der Waals surface area (Å²) in [6, 6.07) is 2.23. The van der Waals surface area contributed by atoms with Crippen LogP contribution in [0.25, 0.3) is 0 Å². The van der Waals surface area contributed by atoms with Crippen LogP contribution in [0.15, 0.2) is 23.1 Å². The number of benzene rings is 1. The van der Waals surface area contributed by atoms with Crippen molar-refractivity contribution in [2.45, 2.75) is 24.0 Å². The molecule has 27 heavy (non-hydrogen) atoms. The van der Waals surface area contributed by atoms with Crippen molar-refractivity contribution in [2.75, 3.05) is 39.0 Å². The number of alkyl halides is 3. The molecule has 1 fully saturated rings. The lowest BCUT2D eigenvalue weighted by molar-refractivity contribution is -0.183. The minimum atomic E-state index is -4.48. The zero-order chi connectivity index (χ0) is 19.5. The molecule has 0 spiro atoms. The fraction of sp³-hybridized carbons (Fsp3) is 0.562. The van der Waals surface area contributed by atoms with Gasteiger partial charge < -0.3 is 10.6 Å². The summed E-state index contributed by atoms with van der Waals surface area (Å²) in [6.07, 6.45) is -3.47. The summed E-state index contributed by atoms with van der Waals surface area (Å²) < 4.78 is 63.4. The number of amides is 1. The maximum absolute atomic E-state index is 13.4. The standard InChI is InChI=1S/C16H22F3N3O3S.ClH/c1-11-3-4-12(26(2,24)25)9-13(11)15(23)21-10-14(16(17,18)19)22-7-5-20-6-8-22;/h3-4,9,14,20H,5-8,10H2,1-2H3,(H,21,23);1H. The van der Waals surface area contributed by atoms with Crippen LogP contribution in [-0.2, 0) is 9.84 Å². The molecule has 2 N–H and O–H groups in total. The summed E-state index contributed by atoms with van der Waals surface area (Å²) in [7, 11) is -3.52. The third-order valence-electron chi connectivity index (χ3n) is 4.31. The SMILES string of the molecule is Cc1ccc(S(C)(=O)=O)cc1C(=O)NCC(N1CCNCC1)C(F)(F)F.Cl. The lowest BCUT2D eigenvalue weighted by Crippen LogP contribution is -2.57. The second-order valence-electron chi connectivity index (χ2n) is 6.30. The van der Waals surface area contributed by atoms with Gasteiger partial charge in [0.25, 0.3) is 5.91 Å². The molecule has 2 rings (SSSR count). The second-order valence-corrected chi connectivity index (χ2v) is 8.32. The van der Waals surface area contributed by atoms with Crippen molar-refractivity contribution < 1.29 is 26.4 Å².